The van der Waals surface area contributed by atoms with E-state index in [1.807, 2.05) is 0 Å². The van der Waals surface area contributed by atoms with Crippen LogP contribution in [0, 0.1) is 0 Å². The molecule has 0 saturated carbocycles. The maximum Gasteiger partial charge on any atom is 1.00 e. The first-order valence-electron chi connectivity index (χ1n) is 12.4. The minimum atomic E-state index is -4.32. The van der Waals surface area contributed by atoms with Gasteiger partial charge in [-0.2, -0.15) is 5.10 Å². The molecule has 3 heterocycles. The molecular formula is C24H30N5NaO5S. The molecule has 188 valence electrons. The van der Waals surface area contributed by atoms with Gasteiger partial charge in [0.15, 0.2) is 6.03 Å². The fraction of sp³-hybridized carbons (Fsp3) is 0.583. The van der Waals surface area contributed by atoms with Crippen molar-refractivity contribution >= 4 is 27.6 Å². The van der Waals surface area contributed by atoms with Gasteiger partial charge >= 0.3 is 29.6 Å². The Morgan fingerprint density at radius 1 is 1.06 bits per heavy atom. The van der Waals surface area contributed by atoms with E-state index in [2.05, 4.69) is 21.2 Å². The van der Waals surface area contributed by atoms with Crippen LogP contribution in [0.2, 0.25) is 0 Å². The summed E-state index contributed by atoms with van der Waals surface area (Å²) in [7, 11) is -4.32. The van der Waals surface area contributed by atoms with Gasteiger partial charge in [0.05, 0.1) is 31.1 Å². The van der Waals surface area contributed by atoms with Crippen molar-refractivity contribution in [3.8, 4) is 0 Å². The number of rotatable bonds is 6. The number of hydrogen-bond acceptors (Lipinski definition) is 6. The quantitative estimate of drug-likeness (QED) is 0.544. The number of aryl methyl sites for hydroxylation is 2. The number of urea groups is 1. The molecule has 0 radical (unpaired) electrons. The van der Waals surface area contributed by atoms with Crippen LogP contribution in [0.5, 0.6) is 0 Å². The standard InChI is InChI=1S/C24H31N5O5S.Na/c30-24(26-23-21-5-1-3-16(21)11-17-4-2-6-22(17)23)27-35(31,32)29(18-7-9-33-10-8-18)19-12-25-28(13-19)20-14-34-15-20;/h11-13,18,20H,1-10,14-15H2,(H2,26,27,30);/q;+1/p-1. The Morgan fingerprint density at radius 2 is 1.72 bits per heavy atom. The maximum absolute atomic E-state index is 13.6. The third-order valence-corrected chi connectivity index (χ3v) is 8.91. The number of nitrogens with one attached hydrogen (secondary N) is 1. The Balaban J connectivity index is 0.00000267. The largest absolute Gasteiger partial charge is 1.00 e. The molecule has 0 atom stereocenters. The Labute approximate surface area is 233 Å². The van der Waals surface area contributed by atoms with Gasteiger partial charge in [0.2, 0.25) is 0 Å². The number of carbonyl (C=O) groups is 1. The van der Waals surface area contributed by atoms with Crippen LogP contribution < -0.4 is 39.2 Å². The number of anilines is 2. The Bertz CT molecular complexity index is 1210. The van der Waals surface area contributed by atoms with Gasteiger partial charge in [0, 0.05) is 25.5 Å². The second-order valence-electron chi connectivity index (χ2n) is 9.74. The van der Waals surface area contributed by atoms with Crippen LogP contribution in [0.1, 0.15) is 54.0 Å². The fourth-order valence-corrected chi connectivity index (χ4v) is 7.01. The molecule has 2 aliphatic heterocycles. The molecule has 0 bridgehead atoms. The fourth-order valence-electron chi connectivity index (χ4n) is 5.72. The molecule has 1 aromatic heterocycles. The minimum Gasteiger partial charge on any atom is -0.423 e. The molecule has 1 aromatic carbocycles. The van der Waals surface area contributed by atoms with Crippen molar-refractivity contribution in [3.05, 3.63) is 45.4 Å². The van der Waals surface area contributed by atoms with Gasteiger partial charge in [-0.05, 0) is 79.3 Å². The summed E-state index contributed by atoms with van der Waals surface area (Å²) < 4.78 is 44.5. The topological polar surface area (TPSA) is 117 Å². The Morgan fingerprint density at radius 3 is 2.33 bits per heavy atom. The smallest absolute Gasteiger partial charge is 0.423 e. The van der Waals surface area contributed by atoms with E-state index in [1.165, 1.54) is 21.6 Å². The summed E-state index contributed by atoms with van der Waals surface area (Å²) in [4.78, 5) is 13.1. The molecule has 10 nitrogen and oxygen atoms in total. The van der Waals surface area contributed by atoms with Crippen molar-refractivity contribution in [2.45, 2.75) is 63.5 Å². The average Bonchev–Trinajstić information content (AvgIpc) is 3.54. The molecule has 12 heteroatoms. The normalized spacial score (nSPS) is 19.7. The van der Waals surface area contributed by atoms with E-state index < -0.39 is 16.2 Å². The first-order valence-corrected chi connectivity index (χ1v) is 13.8. The van der Waals surface area contributed by atoms with Gasteiger partial charge in [-0.3, -0.25) is 13.8 Å². The second kappa shape index (κ2) is 10.6. The van der Waals surface area contributed by atoms with Crippen LogP contribution in [-0.2, 0) is 45.4 Å². The third-order valence-electron chi connectivity index (χ3n) is 7.51. The number of hydrogen-bond donors (Lipinski definition) is 1. The van der Waals surface area contributed by atoms with E-state index >= 15 is 0 Å². The number of amides is 2. The number of ether oxygens (including phenoxy) is 2. The summed E-state index contributed by atoms with van der Waals surface area (Å²) in [5, 5.41) is 7.23. The molecule has 0 unspecified atom stereocenters. The van der Waals surface area contributed by atoms with E-state index in [9.17, 15) is 13.2 Å². The number of aromatic nitrogens is 2. The molecule has 2 saturated heterocycles. The van der Waals surface area contributed by atoms with Gasteiger partial charge in [0.25, 0.3) is 10.2 Å². The van der Waals surface area contributed by atoms with E-state index in [0.717, 1.165) is 55.3 Å². The Kier molecular flexibility index (Phi) is 7.67. The summed E-state index contributed by atoms with van der Waals surface area (Å²) in [5.41, 5.74) is 5.99. The van der Waals surface area contributed by atoms with E-state index in [0.29, 0.717) is 45.0 Å². The van der Waals surface area contributed by atoms with Crippen molar-refractivity contribution in [2.75, 3.05) is 36.0 Å². The van der Waals surface area contributed by atoms with Crippen molar-refractivity contribution in [3.63, 3.8) is 0 Å². The predicted octanol–water partition coefficient (Wildman–Crippen LogP) is 0.272. The third kappa shape index (κ3) is 4.93. The van der Waals surface area contributed by atoms with Crippen LogP contribution in [-0.4, -0.2) is 56.7 Å². The molecule has 2 aliphatic carbocycles. The molecule has 2 aromatic rings. The molecule has 1 N–H and O–H groups in total. The van der Waals surface area contributed by atoms with Crippen molar-refractivity contribution in [1.82, 2.24) is 9.78 Å². The number of nitrogens with zero attached hydrogens (tertiary/aromatic N) is 4. The van der Waals surface area contributed by atoms with Gasteiger partial charge in [0.1, 0.15) is 0 Å². The first kappa shape index (κ1) is 26.0. The summed E-state index contributed by atoms with van der Waals surface area (Å²) in [6, 6.07) is 1.15. The summed E-state index contributed by atoms with van der Waals surface area (Å²) >= 11 is 0. The van der Waals surface area contributed by atoms with Gasteiger partial charge < -0.3 is 19.5 Å². The monoisotopic (exact) mass is 523 g/mol. The van der Waals surface area contributed by atoms with Crippen LogP contribution in [0.15, 0.2) is 18.5 Å². The maximum atomic E-state index is 13.6. The number of benzene rings is 1. The zero-order valence-electron chi connectivity index (χ0n) is 20.6. The van der Waals surface area contributed by atoms with Gasteiger partial charge in [-0.15, -0.1) is 0 Å². The molecule has 2 fully saturated rings. The second-order valence-corrected chi connectivity index (χ2v) is 11.2. The first-order chi connectivity index (χ1) is 17.0. The van der Waals surface area contributed by atoms with Gasteiger partial charge in [-0.1, -0.05) is 6.07 Å². The van der Waals surface area contributed by atoms with Crippen molar-refractivity contribution < 1.29 is 52.2 Å². The number of carbonyl (C=O) groups excluding carboxylic acids is 1. The molecule has 2 amide bonds. The van der Waals surface area contributed by atoms with Gasteiger partial charge in [-0.25, -0.2) is 8.42 Å². The molecule has 0 spiro atoms. The van der Waals surface area contributed by atoms with Crippen molar-refractivity contribution in [1.29, 1.82) is 0 Å². The number of fused-ring (bicyclic) bond motifs is 2. The summed E-state index contributed by atoms with van der Waals surface area (Å²) in [6.45, 7) is 2.00. The molecule has 6 rings (SSSR count). The van der Waals surface area contributed by atoms with Crippen molar-refractivity contribution in [2.24, 2.45) is 0 Å². The minimum absolute atomic E-state index is 0. The predicted molar refractivity (Wildman–Crippen MR) is 130 cm³/mol. The zero-order valence-corrected chi connectivity index (χ0v) is 23.4. The Hall–Kier alpha value is -1.63. The molecular weight excluding hydrogens is 493 g/mol. The average molecular weight is 524 g/mol. The molecule has 4 aliphatic rings. The van der Waals surface area contributed by atoms with Crippen LogP contribution in [0.25, 0.3) is 4.72 Å². The SMILES string of the molecule is O=C([N-]S(=O)(=O)N(c1cnn(C2COC2)c1)C1CCOCC1)Nc1c2c(cc3c1CCC3)CCC2.[Na+]. The van der Waals surface area contributed by atoms with E-state index in [-0.39, 0.29) is 41.6 Å². The summed E-state index contributed by atoms with van der Waals surface area (Å²) in [5.74, 6) is 0. The van der Waals surface area contributed by atoms with E-state index in [4.69, 9.17) is 9.47 Å². The van der Waals surface area contributed by atoms with Crippen LogP contribution >= 0.6 is 0 Å². The zero-order chi connectivity index (χ0) is 24.0. The van der Waals surface area contributed by atoms with E-state index in [1.54, 1.807) is 10.9 Å². The van der Waals surface area contributed by atoms with Crippen LogP contribution in [0.3, 0.4) is 0 Å². The van der Waals surface area contributed by atoms with Crippen LogP contribution in [0.4, 0.5) is 16.2 Å². The molecule has 36 heavy (non-hydrogen) atoms. The summed E-state index contributed by atoms with van der Waals surface area (Å²) in [6.07, 6.45) is 10.1.